The largest absolute Gasteiger partial charge is 0.395 e. The third-order valence-corrected chi connectivity index (χ3v) is 3.45. The lowest BCUT2D eigenvalue weighted by molar-refractivity contribution is 0.102. The van der Waals surface area contributed by atoms with Gasteiger partial charge in [0.2, 0.25) is 0 Å². The summed E-state index contributed by atoms with van der Waals surface area (Å²) in [4.78, 5) is 12.1. The van der Waals surface area contributed by atoms with E-state index in [1.54, 1.807) is 0 Å². The molecular formula is C13H15IN4O. The molecular weight excluding hydrogens is 355 g/mol. The molecule has 5 nitrogen and oxygen atoms in total. The second-order valence-electron chi connectivity index (χ2n) is 4.52. The van der Waals surface area contributed by atoms with Gasteiger partial charge in [0.1, 0.15) is 0 Å². The first kappa shape index (κ1) is 13.9. The van der Waals surface area contributed by atoms with E-state index in [-0.39, 0.29) is 17.5 Å². The summed E-state index contributed by atoms with van der Waals surface area (Å²) in [5.41, 5.74) is 8.09. The Bertz CT molecular complexity index is 589. The zero-order valence-corrected chi connectivity index (χ0v) is 12.9. The van der Waals surface area contributed by atoms with E-state index in [1.165, 1.54) is 0 Å². The molecule has 2 aromatic rings. The van der Waals surface area contributed by atoms with Crippen LogP contribution in [-0.4, -0.2) is 16.1 Å². The van der Waals surface area contributed by atoms with Crippen LogP contribution in [0.1, 0.15) is 35.9 Å². The van der Waals surface area contributed by atoms with Crippen LogP contribution in [0.3, 0.4) is 0 Å². The van der Waals surface area contributed by atoms with Crippen molar-refractivity contribution in [1.82, 2.24) is 10.2 Å². The van der Waals surface area contributed by atoms with E-state index in [0.29, 0.717) is 5.69 Å². The van der Waals surface area contributed by atoms with Crippen molar-refractivity contribution < 1.29 is 4.79 Å². The van der Waals surface area contributed by atoms with Crippen molar-refractivity contribution in [1.29, 1.82) is 0 Å². The average Bonchev–Trinajstić information content (AvgIpc) is 2.74. The number of rotatable bonds is 3. The van der Waals surface area contributed by atoms with Gasteiger partial charge in [0, 0.05) is 9.26 Å². The number of nitrogens with zero attached hydrogens (tertiary/aromatic N) is 1. The molecule has 0 saturated heterocycles. The Balaban J connectivity index is 2.18. The number of carbonyl (C=O) groups excluding carboxylic acids is 1. The number of carbonyl (C=O) groups is 1. The Morgan fingerprint density at radius 2 is 2.00 bits per heavy atom. The lowest BCUT2D eigenvalue weighted by Crippen LogP contribution is -2.14. The molecule has 0 atom stereocenters. The number of hydrogen-bond acceptors (Lipinski definition) is 3. The van der Waals surface area contributed by atoms with Crippen molar-refractivity contribution in [2.75, 3.05) is 11.1 Å². The zero-order chi connectivity index (χ0) is 14.0. The maximum atomic E-state index is 12.1. The minimum atomic E-state index is -0.304. The lowest BCUT2D eigenvalue weighted by Gasteiger charge is -2.05. The van der Waals surface area contributed by atoms with Crippen LogP contribution in [0.15, 0.2) is 24.3 Å². The summed E-state index contributed by atoms with van der Waals surface area (Å²) in [6.07, 6.45) is 0. The predicted octanol–water partition coefficient (Wildman–Crippen LogP) is 2.97. The van der Waals surface area contributed by atoms with Gasteiger partial charge in [-0.1, -0.05) is 13.8 Å². The fourth-order valence-corrected chi connectivity index (χ4v) is 2.06. The minimum Gasteiger partial charge on any atom is -0.395 e. The van der Waals surface area contributed by atoms with Crippen LogP contribution in [0, 0.1) is 3.57 Å². The summed E-state index contributed by atoms with van der Waals surface area (Å²) in [7, 11) is 0. The van der Waals surface area contributed by atoms with Crippen LogP contribution >= 0.6 is 22.6 Å². The number of amides is 1. The van der Waals surface area contributed by atoms with Gasteiger partial charge in [-0.15, -0.1) is 0 Å². The fourth-order valence-electron chi connectivity index (χ4n) is 1.70. The summed E-state index contributed by atoms with van der Waals surface area (Å²) in [6, 6.07) is 7.52. The molecule has 1 aromatic heterocycles. The molecule has 0 saturated carbocycles. The van der Waals surface area contributed by atoms with E-state index in [4.69, 9.17) is 5.73 Å². The minimum absolute atomic E-state index is 0.201. The molecule has 1 aromatic carbocycles. The molecule has 0 fully saturated rings. The molecule has 6 heteroatoms. The number of halogens is 1. The molecule has 0 spiro atoms. The highest BCUT2D eigenvalue weighted by atomic mass is 127. The van der Waals surface area contributed by atoms with Gasteiger partial charge in [-0.3, -0.25) is 9.89 Å². The zero-order valence-electron chi connectivity index (χ0n) is 10.7. The first-order valence-electron chi connectivity index (χ1n) is 5.89. The van der Waals surface area contributed by atoms with Crippen LogP contribution in [-0.2, 0) is 0 Å². The van der Waals surface area contributed by atoms with Crippen molar-refractivity contribution in [3.05, 3.63) is 39.2 Å². The number of benzene rings is 1. The highest BCUT2D eigenvalue weighted by Gasteiger charge is 2.18. The standard InChI is InChI=1S/C13H15IN4O/c1-7(2)11-10(15)12(18-17-11)13(19)16-9-5-3-8(14)4-6-9/h3-7H,15H2,1-2H3,(H,16,19)(H,17,18). The number of nitrogen functional groups attached to an aromatic ring is 1. The number of H-pyrrole nitrogens is 1. The van der Waals surface area contributed by atoms with Crippen LogP contribution in [0.25, 0.3) is 0 Å². The van der Waals surface area contributed by atoms with Gasteiger partial charge in [0.15, 0.2) is 5.69 Å². The third-order valence-electron chi connectivity index (χ3n) is 2.73. The molecule has 0 unspecified atom stereocenters. The molecule has 19 heavy (non-hydrogen) atoms. The quantitative estimate of drug-likeness (QED) is 0.727. The maximum Gasteiger partial charge on any atom is 0.278 e. The second-order valence-corrected chi connectivity index (χ2v) is 5.76. The maximum absolute atomic E-state index is 12.1. The number of nitrogens with one attached hydrogen (secondary N) is 2. The number of hydrogen-bond donors (Lipinski definition) is 3. The van der Waals surface area contributed by atoms with Crippen molar-refractivity contribution in [2.45, 2.75) is 19.8 Å². The van der Waals surface area contributed by atoms with Gasteiger partial charge in [-0.05, 0) is 52.8 Å². The molecule has 1 amide bonds. The van der Waals surface area contributed by atoms with Gasteiger partial charge < -0.3 is 11.1 Å². The number of nitrogens with two attached hydrogens (primary N) is 1. The van der Waals surface area contributed by atoms with E-state index in [9.17, 15) is 4.79 Å². The summed E-state index contributed by atoms with van der Waals surface area (Å²) in [6.45, 7) is 3.98. The molecule has 0 bridgehead atoms. The summed E-state index contributed by atoms with van der Waals surface area (Å²) in [5, 5.41) is 9.57. The Morgan fingerprint density at radius 1 is 1.37 bits per heavy atom. The van der Waals surface area contributed by atoms with Crippen LogP contribution in [0.4, 0.5) is 11.4 Å². The Labute approximate surface area is 125 Å². The SMILES string of the molecule is CC(C)c1[nH]nc(C(=O)Nc2ccc(I)cc2)c1N. The monoisotopic (exact) mass is 370 g/mol. The normalized spacial score (nSPS) is 10.7. The van der Waals surface area contributed by atoms with Gasteiger partial charge in [-0.2, -0.15) is 5.10 Å². The summed E-state index contributed by atoms with van der Waals surface area (Å²) < 4.78 is 1.11. The number of aromatic nitrogens is 2. The molecule has 1 heterocycles. The average molecular weight is 370 g/mol. The van der Waals surface area contributed by atoms with Crippen molar-refractivity contribution >= 4 is 39.9 Å². The van der Waals surface area contributed by atoms with Crippen LogP contribution in [0.2, 0.25) is 0 Å². The third kappa shape index (κ3) is 3.06. The molecule has 4 N–H and O–H groups in total. The van der Waals surface area contributed by atoms with E-state index in [1.807, 2.05) is 38.1 Å². The highest BCUT2D eigenvalue weighted by Crippen LogP contribution is 2.22. The van der Waals surface area contributed by atoms with Gasteiger partial charge in [-0.25, -0.2) is 0 Å². The first-order valence-corrected chi connectivity index (χ1v) is 6.97. The van der Waals surface area contributed by atoms with E-state index < -0.39 is 0 Å². The van der Waals surface area contributed by atoms with Crippen molar-refractivity contribution in [2.24, 2.45) is 0 Å². The summed E-state index contributed by atoms with van der Waals surface area (Å²) in [5.74, 6) is -0.103. The van der Waals surface area contributed by atoms with Gasteiger partial charge >= 0.3 is 0 Å². The topological polar surface area (TPSA) is 83.8 Å². The summed E-state index contributed by atoms with van der Waals surface area (Å²) >= 11 is 2.21. The van der Waals surface area contributed by atoms with Crippen LogP contribution < -0.4 is 11.1 Å². The lowest BCUT2D eigenvalue weighted by atomic mass is 10.1. The van der Waals surface area contributed by atoms with E-state index in [2.05, 4.69) is 38.1 Å². The predicted molar refractivity (Wildman–Crippen MR) is 84.2 cm³/mol. The fraction of sp³-hybridized carbons (Fsp3) is 0.231. The number of aromatic amines is 1. The first-order chi connectivity index (χ1) is 8.99. The van der Waals surface area contributed by atoms with Gasteiger partial charge in [0.25, 0.3) is 5.91 Å². The molecule has 0 radical (unpaired) electrons. The van der Waals surface area contributed by atoms with E-state index >= 15 is 0 Å². The van der Waals surface area contributed by atoms with Crippen LogP contribution in [0.5, 0.6) is 0 Å². The molecule has 0 aliphatic carbocycles. The molecule has 2 rings (SSSR count). The highest BCUT2D eigenvalue weighted by molar-refractivity contribution is 14.1. The Morgan fingerprint density at radius 3 is 2.53 bits per heavy atom. The molecule has 0 aliphatic heterocycles. The smallest absolute Gasteiger partial charge is 0.278 e. The van der Waals surface area contributed by atoms with Crippen molar-refractivity contribution in [3.8, 4) is 0 Å². The second kappa shape index (κ2) is 5.60. The molecule has 100 valence electrons. The van der Waals surface area contributed by atoms with Gasteiger partial charge in [0.05, 0.1) is 11.4 Å². The van der Waals surface area contributed by atoms with Crippen molar-refractivity contribution in [3.63, 3.8) is 0 Å². The Hall–Kier alpha value is -1.57. The number of anilines is 2. The Kier molecular flexibility index (Phi) is 4.08. The van der Waals surface area contributed by atoms with E-state index in [0.717, 1.165) is 15.0 Å². The molecule has 0 aliphatic rings.